The lowest BCUT2D eigenvalue weighted by Gasteiger charge is -2.05. The third-order valence-corrected chi connectivity index (χ3v) is 7.05. The van der Waals surface area contributed by atoms with Crippen molar-refractivity contribution >= 4 is 33.1 Å². The van der Waals surface area contributed by atoms with Crippen molar-refractivity contribution in [3.8, 4) is 0 Å². The van der Waals surface area contributed by atoms with Crippen LogP contribution >= 0.6 is 23.1 Å². The van der Waals surface area contributed by atoms with Gasteiger partial charge in [-0.05, 0) is 42.1 Å². The Bertz CT molecular complexity index is 847. The molecule has 2 aromatic heterocycles. The first-order valence-corrected chi connectivity index (χ1v) is 10.0. The highest BCUT2D eigenvalue weighted by molar-refractivity contribution is 8.00. The molecule has 3 rings (SSSR count). The fourth-order valence-corrected chi connectivity index (χ4v) is 4.92. The van der Waals surface area contributed by atoms with Crippen molar-refractivity contribution in [2.24, 2.45) is 0 Å². The van der Waals surface area contributed by atoms with Crippen molar-refractivity contribution in [3.63, 3.8) is 0 Å². The second kappa shape index (κ2) is 6.32. The van der Waals surface area contributed by atoms with Gasteiger partial charge in [-0.15, -0.1) is 23.1 Å². The Labute approximate surface area is 138 Å². The van der Waals surface area contributed by atoms with Crippen LogP contribution in [0.5, 0.6) is 0 Å². The molecule has 0 aliphatic carbocycles. The predicted octanol–water partition coefficient (Wildman–Crippen LogP) is 4.39. The summed E-state index contributed by atoms with van der Waals surface area (Å²) in [6.07, 6.45) is 3.30. The highest BCUT2D eigenvalue weighted by Crippen LogP contribution is 2.27. The van der Waals surface area contributed by atoms with E-state index in [0.29, 0.717) is 4.90 Å². The van der Waals surface area contributed by atoms with E-state index in [9.17, 15) is 8.42 Å². The summed E-state index contributed by atoms with van der Waals surface area (Å²) in [7, 11) is -3.50. The average Bonchev–Trinajstić information content (AvgIpc) is 3.17. The van der Waals surface area contributed by atoms with Gasteiger partial charge in [-0.3, -0.25) is 0 Å². The SMILES string of the molecule is Cc1ccc(S(=O)(=O)n2ccc(CSc3cccs3)c2)cc1. The summed E-state index contributed by atoms with van der Waals surface area (Å²) >= 11 is 3.40. The maximum Gasteiger partial charge on any atom is 0.267 e. The molecule has 3 nitrogen and oxygen atoms in total. The van der Waals surface area contributed by atoms with Gasteiger partial charge in [0.25, 0.3) is 10.0 Å². The topological polar surface area (TPSA) is 39.1 Å². The summed E-state index contributed by atoms with van der Waals surface area (Å²) in [5, 5.41) is 2.04. The second-order valence-electron chi connectivity index (χ2n) is 4.89. The van der Waals surface area contributed by atoms with Crippen molar-refractivity contribution in [2.45, 2.75) is 21.8 Å². The Morgan fingerprint density at radius 3 is 2.59 bits per heavy atom. The highest BCUT2D eigenvalue weighted by Gasteiger charge is 2.16. The van der Waals surface area contributed by atoms with Gasteiger partial charge >= 0.3 is 0 Å². The summed E-state index contributed by atoms with van der Waals surface area (Å²) in [6.45, 7) is 1.94. The fraction of sp³-hybridized carbons (Fsp3) is 0.125. The van der Waals surface area contributed by atoms with Crippen LogP contribution in [0.2, 0.25) is 0 Å². The standard InChI is InChI=1S/C16H15NO2S3/c1-13-4-6-15(7-5-13)22(18,19)17-9-8-14(11-17)12-21-16-3-2-10-20-16/h2-11H,12H2,1H3. The smallest absolute Gasteiger partial charge is 0.249 e. The van der Waals surface area contributed by atoms with Gasteiger partial charge < -0.3 is 0 Å². The number of thiophene rings is 1. The van der Waals surface area contributed by atoms with Gasteiger partial charge in [-0.25, -0.2) is 12.4 Å². The maximum atomic E-state index is 12.5. The lowest BCUT2D eigenvalue weighted by atomic mass is 10.2. The maximum absolute atomic E-state index is 12.5. The van der Waals surface area contributed by atoms with Gasteiger partial charge in [-0.2, -0.15) is 0 Å². The summed E-state index contributed by atoms with van der Waals surface area (Å²) in [5.41, 5.74) is 2.04. The molecular weight excluding hydrogens is 334 g/mol. The van der Waals surface area contributed by atoms with Crippen LogP contribution in [-0.4, -0.2) is 12.4 Å². The molecule has 0 aliphatic heterocycles. The molecule has 3 aromatic rings. The molecule has 0 saturated carbocycles. The molecule has 0 saturated heterocycles. The summed E-state index contributed by atoms with van der Waals surface area (Å²) in [4.78, 5) is 0.311. The minimum atomic E-state index is -3.50. The van der Waals surface area contributed by atoms with Gasteiger partial charge in [0.1, 0.15) is 0 Å². The molecule has 1 aromatic carbocycles. The third-order valence-electron chi connectivity index (χ3n) is 3.20. The molecule has 0 radical (unpaired) electrons. The monoisotopic (exact) mass is 349 g/mol. The Morgan fingerprint density at radius 2 is 1.91 bits per heavy atom. The molecule has 0 aliphatic rings. The number of aromatic nitrogens is 1. The molecule has 0 N–H and O–H groups in total. The number of hydrogen-bond acceptors (Lipinski definition) is 4. The lowest BCUT2D eigenvalue weighted by molar-refractivity contribution is 0.587. The quantitative estimate of drug-likeness (QED) is 0.641. The van der Waals surface area contributed by atoms with Gasteiger partial charge in [0, 0.05) is 18.1 Å². The fourth-order valence-electron chi connectivity index (χ4n) is 1.99. The number of rotatable bonds is 5. The zero-order valence-electron chi connectivity index (χ0n) is 12.0. The van der Waals surface area contributed by atoms with Crippen molar-refractivity contribution in [1.82, 2.24) is 3.97 Å². The van der Waals surface area contributed by atoms with E-state index in [2.05, 4.69) is 6.07 Å². The van der Waals surface area contributed by atoms with Crippen molar-refractivity contribution in [1.29, 1.82) is 0 Å². The molecule has 0 atom stereocenters. The molecule has 0 unspecified atom stereocenters. The third kappa shape index (κ3) is 3.29. The van der Waals surface area contributed by atoms with E-state index >= 15 is 0 Å². The van der Waals surface area contributed by atoms with Crippen LogP contribution in [0.4, 0.5) is 0 Å². The Kier molecular flexibility index (Phi) is 4.42. The Morgan fingerprint density at radius 1 is 1.14 bits per heavy atom. The van der Waals surface area contributed by atoms with Crippen molar-refractivity contribution in [2.75, 3.05) is 0 Å². The van der Waals surface area contributed by atoms with Gasteiger partial charge in [0.05, 0.1) is 9.10 Å². The largest absolute Gasteiger partial charge is 0.267 e. The molecule has 6 heteroatoms. The zero-order chi connectivity index (χ0) is 15.6. The first-order valence-electron chi connectivity index (χ1n) is 6.71. The van der Waals surface area contributed by atoms with E-state index in [4.69, 9.17) is 0 Å². The van der Waals surface area contributed by atoms with Crippen LogP contribution in [-0.2, 0) is 15.8 Å². The number of hydrogen-bond donors (Lipinski definition) is 0. The summed E-state index contributed by atoms with van der Waals surface area (Å²) in [5.74, 6) is 0.761. The van der Waals surface area contributed by atoms with E-state index in [0.717, 1.165) is 16.9 Å². The molecule has 114 valence electrons. The number of thioether (sulfide) groups is 1. The lowest BCUT2D eigenvalue weighted by Crippen LogP contribution is -2.10. The molecular formula is C16H15NO2S3. The van der Waals surface area contributed by atoms with Gasteiger partial charge in [0.2, 0.25) is 0 Å². The van der Waals surface area contributed by atoms with Crippen LogP contribution in [0.3, 0.4) is 0 Å². The van der Waals surface area contributed by atoms with Crippen LogP contribution in [0.1, 0.15) is 11.1 Å². The number of aryl methyl sites for hydroxylation is 1. The second-order valence-corrected chi connectivity index (χ2v) is 8.95. The van der Waals surface area contributed by atoms with Gasteiger partial charge in [0.15, 0.2) is 0 Å². The minimum absolute atomic E-state index is 0.311. The van der Waals surface area contributed by atoms with E-state index < -0.39 is 10.0 Å². The van der Waals surface area contributed by atoms with E-state index in [-0.39, 0.29) is 0 Å². The molecule has 22 heavy (non-hydrogen) atoms. The van der Waals surface area contributed by atoms with Crippen LogP contribution in [0.15, 0.2) is 69.3 Å². The van der Waals surface area contributed by atoms with E-state index in [1.807, 2.05) is 36.6 Å². The summed E-state index contributed by atoms with van der Waals surface area (Å²) < 4.78 is 27.6. The van der Waals surface area contributed by atoms with Crippen LogP contribution in [0.25, 0.3) is 0 Å². The van der Waals surface area contributed by atoms with Crippen molar-refractivity contribution in [3.05, 3.63) is 71.4 Å². The Balaban J connectivity index is 1.79. The summed E-state index contributed by atoms with van der Waals surface area (Å²) in [6, 6.07) is 12.8. The van der Waals surface area contributed by atoms with Crippen molar-refractivity contribution < 1.29 is 8.42 Å². The van der Waals surface area contributed by atoms with Crippen LogP contribution < -0.4 is 0 Å². The normalized spacial score (nSPS) is 11.7. The van der Waals surface area contributed by atoms with Gasteiger partial charge in [-0.1, -0.05) is 23.8 Å². The minimum Gasteiger partial charge on any atom is -0.249 e. The number of benzene rings is 1. The number of nitrogens with zero attached hydrogens (tertiary/aromatic N) is 1. The van der Waals surface area contributed by atoms with Crippen LogP contribution in [0, 0.1) is 6.92 Å². The molecule has 0 spiro atoms. The molecule has 0 amide bonds. The predicted molar refractivity (Wildman–Crippen MR) is 92.1 cm³/mol. The average molecular weight is 350 g/mol. The zero-order valence-corrected chi connectivity index (χ0v) is 14.4. The first kappa shape index (κ1) is 15.4. The highest BCUT2D eigenvalue weighted by atomic mass is 32.2. The Hall–Kier alpha value is -1.50. The molecule has 0 fully saturated rings. The molecule has 2 heterocycles. The van der Waals surface area contributed by atoms with E-state index in [1.54, 1.807) is 47.6 Å². The van der Waals surface area contributed by atoms with E-state index in [1.165, 1.54) is 8.18 Å². The first-order chi connectivity index (χ1) is 10.6. The molecule has 0 bridgehead atoms.